The first kappa shape index (κ1) is 13.7. The zero-order valence-electron chi connectivity index (χ0n) is 11.9. The van der Waals surface area contributed by atoms with E-state index in [0.29, 0.717) is 6.54 Å². The second kappa shape index (κ2) is 5.13. The molecular formula is C15H20FN3. The van der Waals surface area contributed by atoms with Gasteiger partial charge in [0.25, 0.3) is 0 Å². The van der Waals surface area contributed by atoms with Crippen molar-refractivity contribution in [2.24, 2.45) is 0 Å². The lowest BCUT2D eigenvalue weighted by Gasteiger charge is -2.22. The fourth-order valence-electron chi connectivity index (χ4n) is 1.92. The fraction of sp³-hybridized carbons (Fsp3) is 0.400. The third kappa shape index (κ3) is 3.41. The van der Waals surface area contributed by atoms with Gasteiger partial charge < -0.3 is 9.88 Å². The molecule has 2 aromatic rings. The number of aromatic nitrogens is 2. The number of rotatable bonds is 3. The van der Waals surface area contributed by atoms with Gasteiger partial charge in [0.15, 0.2) is 0 Å². The van der Waals surface area contributed by atoms with Crippen LogP contribution in [0.15, 0.2) is 30.6 Å². The number of nitrogens with zero attached hydrogens (tertiary/aromatic N) is 2. The van der Waals surface area contributed by atoms with E-state index in [-0.39, 0.29) is 11.4 Å². The standard InChI is InChI=1S/C15H20FN3/c1-11-17-7-8-19(11)14-6-5-13(16)9-12(14)10-18-15(2,3)4/h5-9,18H,10H2,1-4H3. The van der Waals surface area contributed by atoms with E-state index in [4.69, 9.17) is 0 Å². The van der Waals surface area contributed by atoms with Crippen LogP contribution in [0.3, 0.4) is 0 Å². The number of aryl methyl sites for hydroxylation is 1. The molecule has 1 N–H and O–H groups in total. The van der Waals surface area contributed by atoms with E-state index in [0.717, 1.165) is 17.1 Å². The molecule has 0 aliphatic rings. The smallest absolute Gasteiger partial charge is 0.123 e. The Morgan fingerprint density at radius 3 is 2.63 bits per heavy atom. The maximum Gasteiger partial charge on any atom is 0.123 e. The van der Waals surface area contributed by atoms with Gasteiger partial charge >= 0.3 is 0 Å². The maximum absolute atomic E-state index is 13.5. The molecule has 4 heteroatoms. The van der Waals surface area contributed by atoms with Crippen molar-refractivity contribution in [3.05, 3.63) is 47.8 Å². The van der Waals surface area contributed by atoms with Gasteiger partial charge in [-0.3, -0.25) is 0 Å². The normalized spacial score (nSPS) is 11.8. The van der Waals surface area contributed by atoms with Crippen molar-refractivity contribution in [3.63, 3.8) is 0 Å². The van der Waals surface area contributed by atoms with E-state index in [1.54, 1.807) is 18.3 Å². The molecule has 0 aliphatic carbocycles. The summed E-state index contributed by atoms with van der Waals surface area (Å²) in [6, 6.07) is 4.85. The Kier molecular flexibility index (Phi) is 3.71. The summed E-state index contributed by atoms with van der Waals surface area (Å²) in [5, 5.41) is 3.39. The Labute approximate surface area is 113 Å². The molecule has 0 saturated carbocycles. The first-order valence-corrected chi connectivity index (χ1v) is 6.40. The monoisotopic (exact) mass is 261 g/mol. The summed E-state index contributed by atoms with van der Waals surface area (Å²) < 4.78 is 15.4. The summed E-state index contributed by atoms with van der Waals surface area (Å²) in [5.74, 6) is 0.677. The van der Waals surface area contributed by atoms with Gasteiger partial charge in [0.2, 0.25) is 0 Å². The van der Waals surface area contributed by atoms with Crippen LogP contribution in [0.25, 0.3) is 5.69 Å². The zero-order valence-corrected chi connectivity index (χ0v) is 11.9. The van der Waals surface area contributed by atoms with Crippen LogP contribution in [0.4, 0.5) is 4.39 Å². The second-order valence-corrected chi connectivity index (χ2v) is 5.72. The number of halogens is 1. The molecule has 19 heavy (non-hydrogen) atoms. The Balaban J connectivity index is 2.36. The number of hydrogen-bond donors (Lipinski definition) is 1. The highest BCUT2D eigenvalue weighted by Gasteiger charge is 2.12. The molecule has 0 unspecified atom stereocenters. The maximum atomic E-state index is 13.5. The lowest BCUT2D eigenvalue weighted by atomic mass is 10.1. The molecule has 0 atom stereocenters. The quantitative estimate of drug-likeness (QED) is 0.919. The van der Waals surface area contributed by atoms with E-state index in [1.807, 2.05) is 17.7 Å². The van der Waals surface area contributed by atoms with Gasteiger partial charge in [0.05, 0.1) is 5.69 Å². The SMILES string of the molecule is Cc1nccn1-c1ccc(F)cc1CNC(C)(C)C. The van der Waals surface area contributed by atoms with Crippen LogP contribution in [0, 0.1) is 12.7 Å². The van der Waals surface area contributed by atoms with Crippen LogP contribution in [-0.4, -0.2) is 15.1 Å². The molecule has 102 valence electrons. The molecule has 0 fully saturated rings. The highest BCUT2D eigenvalue weighted by Crippen LogP contribution is 2.18. The van der Waals surface area contributed by atoms with Gasteiger partial charge in [-0.05, 0) is 51.5 Å². The minimum absolute atomic E-state index is 0.00638. The van der Waals surface area contributed by atoms with Crippen LogP contribution in [0.5, 0.6) is 0 Å². The molecular weight excluding hydrogens is 241 g/mol. The predicted octanol–water partition coefficient (Wildman–Crippen LogP) is 3.21. The van der Waals surface area contributed by atoms with Crippen LogP contribution < -0.4 is 5.32 Å². The summed E-state index contributed by atoms with van der Waals surface area (Å²) in [7, 11) is 0. The van der Waals surface area contributed by atoms with Gasteiger partial charge in [-0.1, -0.05) is 0 Å². The van der Waals surface area contributed by atoms with E-state index in [9.17, 15) is 4.39 Å². The van der Waals surface area contributed by atoms with E-state index in [2.05, 4.69) is 31.1 Å². The summed E-state index contributed by atoms with van der Waals surface area (Å²) in [5.41, 5.74) is 1.89. The van der Waals surface area contributed by atoms with Crippen molar-refractivity contribution < 1.29 is 4.39 Å². The molecule has 1 heterocycles. The highest BCUT2D eigenvalue weighted by molar-refractivity contribution is 5.42. The van der Waals surface area contributed by atoms with Crippen molar-refractivity contribution in [3.8, 4) is 5.69 Å². The highest BCUT2D eigenvalue weighted by atomic mass is 19.1. The fourth-order valence-corrected chi connectivity index (χ4v) is 1.92. The molecule has 3 nitrogen and oxygen atoms in total. The topological polar surface area (TPSA) is 29.9 Å². The number of benzene rings is 1. The molecule has 0 bridgehead atoms. The minimum atomic E-state index is -0.216. The van der Waals surface area contributed by atoms with Gasteiger partial charge in [0.1, 0.15) is 11.6 Å². The summed E-state index contributed by atoms with van der Waals surface area (Å²) >= 11 is 0. The lowest BCUT2D eigenvalue weighted by molar-refractivity contribution is 0.423. The number of imidazole rings is 1. The van der Waals surface area contributed by atoms with Crippen molar-refractivity contribution in [1.82, 2.24) is 14.9 Å². The molecule has 2 rings (SSSR count). The van der Waals surface area contributed by atoms with Crippen molar-refractivity contribution in [2.45, 2.75) is 39.8 Å². The third-order valence-electron chi connectivity index (χ3n) is 2.94. The Morgan fingerprint density at radius 1 is 1.32 bits per heavy atom. The molecule has 0 radical (unpaired) electrons. The van der Waals surface area contributed by atoms with Crippen molar-refractivity contribution in [2.75, 3.05) is 0 Å². The Morgan fingerprint density at radius 2 is 2.05 bits per heavy atom. The predicted molar refractivity (Wildman–Crippen MR) is 74.9 cm³/mol. The first-order chi connectivity index (χ1) is 8.87. The van der Waals surface area contributed by atoms with Crippen LogP contribution >= 0.6 is 0 Å². The van der Waals surface area contributed by atoms with Crippen LogP contribution in [0.2, 0.25) is 0 Å². The third-order valence-corrected chi connectivity index (χ3v) is 2.94. The van der Waals surface area contributed by atoms with E-state index < -0.39 is 0 Å². The van der Waals surface area contributed by atoms with Crippen LogP contribution in [0.1, 0.15) is 32.2 Å². The van der Waals surface area contributed by atoms with Gasteiger partial charge in [0, 0.05) is 24.5 Å². The number of hydrogen-bond acceptors (Lipinski definition) is 2. The molecule has 0 amide bonds. The summed E-state index contributed by atoms with van der Waals surface area (Å²) in [6.07, 6.45) is 3.64. The average Bonchev–Trinajstić information content (AvgIpc) is 2.72. The Hall–Kier alpha value is -1.68. The molecule has 0 aliphatic heterocycles. The molecule has 1 aromatic carbocycles. The molecule has 0 saturated heterocycles. The number of nitrogens with one attached hydrogen (secondary N) is 1. The Bertz CT molecular complexity index is 567. The van der Waals surface area contributed by atoms with Crippen molar-refractivity contribution in [1.29, 1.82) is 0 Å². The van der Waals surface area contributed by atoms with Crippen LogP contribution in [-0.2, 0) is 6.54 Å². The van der Waals surface area contributed by atoms with E-state index >= 15 is 0 Å². The van der Waals surface area contributed by atoms with Gasteiger partial charge in [-0.2, -0.15) is 0 Å². The van der Waals surface area contributed by atoms with Gasteiger partial charge in [-0.15, -0.1) is 0 Å². The summed E-state index contributed by atoms with van der Waals surface area (Å²) in [4.78, 5) is 4.21. The first-order valence-electron chi connectivity index (χ1n) is 6.40. The minimum Gasteiger partial charge on any atom is -0.308 e. The zero-order chi connectivity index (χ0) is 14.0. The molecule has 1 aromatic heterocycles. The van der Waals surface area contributed by atoms with E-state index in [1.165, 1.54) is 6.07 Å². The molecule has 0 spiro atoms. The second-order valence-electron chi connectivity index (χ2n) is 5.72. The van der Waals surface area contributed by atoms with Gasteiger partial charge in [-0.25, -0.2) is 9.37 Å². The largest absolute Gasteiger partial charge is 0.308 e. The van der Waals surface area contributed by atoms with Crippen molar-refractivity contribution >= 4 is 0 Å². The lowest BCUT2D eigenvalue weighted by Crippen LogP contribution is -2.35. The summed E-state index contributed by atoms with van der Waals surface area (Å²) in [6.45, 7) is 8.83. The average molecular weight is 261 g/mol.